The number of fused-ring (bicyclic) bond motifs is 1. The number of anilines is 1. The maximum absolute atomic E-state index is 4.61. The molecule has 0 unspecified atom stereocenters. The minimum Gasteiger partial charge on any atom is -0.384 e. The van der Waals surface area contributed by atoms with E-state index in [1.54, 1.807) is 0 Å². The Hall–Kier alpha value is -1.35. The van der Waals surface area contributed by atoms with E-state index >= 15 is 0 Å². The number of nitrogens with one attached hydrogen (secondary N) is 1. The van der Waals surface area contributed by atoms with Crippen molar-refractivity contribution in [1.29, 1.82) is 0 Å². The molecule has 0 radical (unpaired) electrons. The Labute approximate surface area is 136 Å². The molecule has 0 atom stereocenters. The van der Waals surface area contributed by atoms with Crippen LogP contribution in [0.3, 0.4) is 0 Å². The molecular weight excluding hydrogens is 284 g/mol. The minimum atomic E-state index is -0.973. The van der Waals surface area contributed by atoms with E-state index in [0.717, 1.165) is 17.8 Å². The number of hydrogen-bond acceptors (Lipinski definition) is 2. The Morgan fingerprint density at radius 1 is 1.05 bits per heavy atom. The third-order valence-electron chi connectivity index (χ3n) is 5.29. The van der Waals surface area contributed by atoms with E-state index in [9.17, 15) is 0 Å². The normalized spacial score (nSPS) is 11.8. The first-order valence-corrected chi connectivity index (χ1v) is 11.6. The van der Waals surface area contributed by atoms with Crippen LogP contribution in [0.2, 0.25) is 24.2 Å². The molecule has 0 aliphatic carbocycles. The lowest BCUT2D eigenvalue weighted by Crippen LogP contribution is -2.31. The number of para-hydroxylation sites is 1. The molecule has 1 heterocycles. The third kappa shape index (κ3) is 3.89. The molecule has 1 N–H and O–H groups in total. The average molecular weight is 315 g/mol. The summed E-state index contributed by atoms with van der Waals surface area (Å²) in [5.74, 6) is 0. The van der Waals surface area contributed by atoms with Gasteiger partial charge in [-0.3, -0.25) is 4.98 Å². The molecule has 120 valence electrons. The summed E-state index contributed by atoms with van der Waals surface area (Å²) in [6.07, 6.45) is 1.29. The Morgan fingerprint density at radius 3 is 2.41 bits per heavy atom. The van der Waals surface area contributed by atoms with Crippen LogP contribution in [-0.2, 0) is 0 Å². The summed E-state index contributed by atoms with van der Waals surface area (Å²) in [4.78, 5) is 4.61. The molecule has 0 aliphatic heterocycles. The summed E-state index contributed by atoms with van der Waals surface area (Å²) < 4.78 is 0. The van der Waals surface area contributed by atoms with Gasteiger partial charge < -0.3 is 5.32 Å². The van der Waals surface area contributed by atoms with Crippen LogP contribution >= 0.6 is 0 Å². The molecule has 2 rings (SSSR count). The monoisotopic (exact) mass is 314 g/mol. The van der Waals surface area contributed by atoms with Crippen molar-refractivity contribution in [3.63, 3.8) is 0 Å². The zero-order chi connectivity index (χ0) is 16.0. The van der Waals surface area contributed by atoms with Crippen LogP contribution in [0.1, 0.15) is 32.9 Å². The van der Waals surface area contributed by atoms with Gasteiger partial charge in [-0.15, -0.1) is 0 Å². The molecule has 1 aromatic heterocycles. The molecule has 0 aliphatic rings. The van der Waals surface area contributed by atoms with E-state index in [0.29, 0.717) is 0 Å². The second-order valence-corrected chi connectivity index (χ2v) is 12.0. The molecule has 1 aromatic carbocycles. The lowest BCUT2D eigenvalue weighted by atomic mass is 10.1. The number of benzene rings is 1. The molecule has 0 spiro atoms. The van der Waals surface area contributed by atoms with Crippen molar-refractivity contribution in [1.82, 2.24) is 4.98 Å². The summed E-state index contributed by atoms with van der Waals surface area (Å²) in [6.45, 7) is 10.3. The molecule has 0 saturated carbocycles. The average Bonchev–Trinajstić information content (AvgIpc) is 2.55. The number of aryl methyl sites for hydroxylation is 1. The van der Waals surface area contributed by atoms with Gasteiger partial charge in [0, 0.05) is 23.3 Å². The number of aromatic nitrogens is 1. The number of rotatable bonds is 8. The van der Waals surface area contributed by atoms with E-state index in [-0.39, 0.29) is 0 Å². The van der Waals surface area contributed by atoms with Gasteiger partial charge in [-0.25, -0.2) is 0 Å². The summed E-state index contributed by atoms with van der Waals surface area (Å²) >= 11 is 0. The molecular formula is C19H30N2Si. The van der Waals surface area contributed by atoms with E-state index in [4.69, 9.17) is 0 Å². The van der Waals surface area contributed by atoms with E-state index in [1.807, 2.05) is 0 Å². The van der Waals surface area contributed by atoms with Gasteiger partial charge in [0.2, 0.25) is 0 Å². The lowest BCUT2D eigenvalue weighted by molar-refractivity contribution is 0.927. The predicted molar refractivity (Wildman–Crippen MR) is 102 cm³/mol. The SMILES string of the molecule is CC[Si](CC)(CC)CCCNc1cc(C)nc2ccccc12. The summed E-state index contributed by atoms with van der Waals surface area (Å²) in [6, 6.07) is 16.3. The van der Waals surface area contributed by atoms with Gasteiger partial charge in [0.25, 0.3) is 0 Å². The minimum absolute atomic E-state index is 0.973. The van der Waals surface area contributed by atoms with Crippen molar-refractivity contribution < 1.29 is 0 Å². The quantitative estimate of drug-likeness (QED) is 0.488. The highest BCUT2D eigenvalue weighted by Gasteiger charge is 2.25. The molecule has 0 fully saturated rings. The van der Waals surface area contributed by atoms with Crippen molar-refractivity contribution >= 4 is 24.7 Å². The van der Waals surface area contributed by atoms with Crippen molar-refractivity contribution in [2.75, 3.05) is 11.9 Å². The van der Waals surface area contributed by atoms with E-state index in [1.165, 1.54) is 41.7 Å². The fourth-order valence-corrected chi connectivity index (χ4v) is 6.91. The first-order chi connectivity index (χ1) is 10.6. The predicted octanol–water partition coefficient (Wildman–Crippen LogP) is 5.85. The summed E-state index contributed by atoms with van der Waals surface area (Å²) in [5.41, 5.74) is 3.41. The van der Waals surface area contributed by atoms with Crippen LogP contribution < -0.4 is 5.32 Å². The van der Waals surface area contributed by atoms with Crippen LogP contribution in [0, 0.1) is 6.92 Å². The second kappa shape index (κ2) is 7.77. The van der Waals surface area contributed by atoms with Crippen LogP contribution in [0.5, 0.6) is 0 Å². The molecule has 0 amide bonds. The summed E-state index contributed by atoms with van der Waals surface area (Å²) in [5, 5.41) is 4.89. The Morgan fingerprint density at radius 2 is 1.73 bits per heavy atom. The van der Waals surface area contributed by atoms with Crippen molar-refractivity contribution in [2.45, 2.75) is 58.3 Å². The third-order valence-corrected chi connectivity index (χ3v) is 11.2. The first kappa shape index (κ1) is 17.0. The fraction of sp³-hybridized carbons (Fsp3) is 0.526. The Bertz CT molecular complexity index is 597. The Kier molecular flexibility index (Phi) is 6.01. The fourth-order valence-electron chi connectivity index (χ4n) is 3.42. The highest BCUT2D eigenvalue weighted by atomic mass is 28.3. The van der Waals surface area contributed by atoms with E-state index < -0.39 is 8.07 Å². The van der Waals surface area contributed by atoms with E-state index in [2.05, 4.69) is 68.3 Å². The highest BCUT2D eigenvalue weighted by Crippen LogP contribution is 2.27. The maximum atomic E-state index is 4.61. The maximum Gasteiger partial charge on any atom is 0.0725 e. The Balaban J connectivity index is 2.01. The zero-order valence-electron chi connectivity index (χ0n) is 14.6. The van der Waals surface area contributed by atoms with Gasteiger partial charge in [0.15, 0.2) is 0 Å². The molecule has 0 bridgehead atoms. The van der Waals surface area contributed by atoms with Crippen molar-refractivity contribution in [3.05, 3.63) is 36.0 Å². The largest absolute Gasteiger partial charge is 0.384 e. The number of pyridine rings is 1. The molecule has 3 heteroatoms. The van der Waals surface area contributed by atoms with Gasteiger partial charge in [-0.05, 0) is 25.5 Å². The topological polar surface area (TPSA) is 24.9 Å². The number of nitrogens with zero attached hydrogens (tertiary/aromatic N) is 1. The molecule has 0 saturated heterocycles. The zero-order valence-corrected chi connectivity index (χ0v) is 15.6. The van der Waals surface area contributed by atoms with Gasteiger partial charge in [0.05, 0.1) is 13.6 Å². The van der Waals surface area contributed by atoms with Crippen LogP contribution in [-0.4, -0.2) is 19.6 Å². The summed E-state index contributed by atoms with van der Waals surface area (Å²) in [7, 11) is -0.973. The standard InChI is InChI=1S/C19H30N2Si/c1-5-22(6-2,7-3)14-10-13-20-19-15-16(4)21-18-12-9-8-11-17(18)19/h8-9,11-12,15H,5-7,10,13-14H2,1-4H3,(H,20,21). The van der Waals surface area contributed by atoms with Gasteiger partial charge in [-0.1, -0.05) is 63.1 Å². The van der Waals surface area contributed by atoms with Crippen LogP contribution in [0.4, 0.5) is 5.69 Å². The van der Waals surface area contributed by atoms with Crippen molar-refractivity contribution in [3.8, 4) is 0 Å². The van der Waals surface area contributed by atoms with Crippen LogP contribution in [0.15, 0.2) is 30.3 Å². The lowest BCUT2D eigenvalue weighted by Gasteiger charge is -2.28. The molecule has 2 nitrogen and oxygen atoms in total. The van der Waals surface area contributed by atoms with Crippen LogP contribution in [0.25, 0.3) is 10.9 Å². The van der Waals surface area contributed by atoms with Gasteiger partial charge in [0.1, 0.15) is 0 Å². The highest BCUT2D eigenvalue weighted by molar-refractivity contribution is 6.79. The van der Waals surface area contributed by atoms with Gasteiger partial charge in [-0.2, -0.15) is 0 Å². The molecule has 2 aromatic rings. The second-order valence-electron chi connectivity index (χ2n) is 6.42. The van der Waals surface area contributed by atoms with Crippen molar-refractivity contribution in [2.24, 2.45) is 0 Å². The molecule has 22 heavy (non-hydrogen) atoms. The smallest absolute Gasteiger partial charge is 0.0725 e. The van der Waals surface area contributed by atoms with Gasteiger partial charge >= 0.3 is 0 Å². The first-order valence-electron chi connectivity index (χ1n) is 8.74. The number of hydrogen-bond donors (Lipinski definition) is 1.